The number of hydrogen-bond acceptors (Lipinski definition) is 8. The Labute approximate surface area is 224 Å². The third-order valence-electron chi connectivity index (χ3n) is 5.47. The van der Waals surface area contributed by atoms with Gasteiger partial charge in [-0.25, -0.2) is 9.78 Å². The molecule has 2 aromatic heterocycles. The van der Waals surface area contributed by atoms with Crippen molar-refractivity contribution in [3.8, 4) is 5.75 Å². The van der Waals surface area contributed by atoms with Crippen LogP contribution in [0.4, 0.5) is 0 Å². The van der Waals surface area contributed by atoms with Gasteiger partial charge in [-0.05, 0) is 49.2 Å². The van der Waals surface area contributed by atoms with Gasteiger partial charge in [0.15, 0.2) is 10.9 Å². The molecular formula is C26H23BrN2O5S2. The third-order valence-corrected chi connectivity index (χ3v) is 8.15. The number of methoxy groups -OCH3 is 1. The van der Waals surface area contributed by atoms with E-state index in [9.17, 15) is 14.4 Å². The van der Waals surface area contributed by atoms with Gasteiger partial charge in [0, 0.05) is 10.0 Å². The molecule has 0 spiro atoms. The van der Waals surface area contributed by atoms with Gasteiger partial charge in [0.05, 0.1) is 31.4 Å². The fraction of sp³-hybridized carbons (Fsp3) is 0.231. The maximum Gasteiger partial charge on any atom is 0.348 e. The molecule has 0 aliphatic carbocycles. The molecule has 0 aliphatic heterocycles. The molecule has 0 saturated heterocycles. The molecule has 0 N–H and O–H groups in total. The number of ketones is 1. The van der Waals surface area contributed by atoms with E-state index in [0.717, 1.165) is 21.4 Å². The lowest BCUT2D eigenvalue weighted by molar-refractivity contribution is 0.0531. The highest BCUT2D eigenvalue weighted by atomic mass is 79.9. The van der Waals surface area contributed by atoms with Crippen molar-refractivity contribution < 1.29 is 19.1 Å². The van der Waals surface area contributed by atoms with Crippen molar-refractivity contribution in [3.05, 3.63) is 84.9 Å². The number of hydrogen-bond donors (Lipinski definition) is 0. The summed E-state index contributed by atoms with van der Waals surface area (Å²) in [5, 5.41) is 0.797. The van der Waals surface area contributed by atoms with E-state index < -0.39 is 5.97 Å². The van der Waals surface area contributed by atoms with Crippen LogP contribution in [-0.2, 0) is 11.3 Å². The quantitative estimate of drug-likeness (QED) is 0.107. The van der Waals surface area contributed by atoms with E-state index in [1.54, 1.807) is 37.7 Å². The molecule has 7 nitrogen and oxygen atoms in total. The summed E-state index contributed by atoms with van der Waals surface area (Å²) in [6.45, 7) is 3.96. The van der Waals surface area contributed by atoms with Crippen molar-refractivity contribution in [1.82, 2.24) is 9.55 Å². The summed E-state index contributed by atoms with van der Waals surface area (Å²) in [4.78, 5) is 44.5. The van der Waals surface area contributed by atoms with Gasteiger partial charge in [0.2, 0.25) is 0 Å². The van der Waals surface area contributed by atoms with Crippen molar-refractivity contribution >= 4 is 61.0 Å². The van der Waals surface area contributed by atoms with Crippen LogP contribution in [0.15, 0.2) is 63.0 Å². The van der Waals surface area contributed by atoms with E-state index in [-0.39, 0.29) is 30.2 Å². The minimum absolute atomic E-state index is 0.0765. The maximum absolute atomic E-state index is 13.7. The Balaban J connectivity index is 1.75. The number of esters is 1. The highest BCUT2D eigenvalue weighted by Gasteiger charge is 2.23. The van der Waals surface area contributed by atoms with Crippen LogP contribution in [-0.4, -0.2) is 40.8 Å². The predicted molar refractivity (Wildman–Crippen MR) is 146 cm³/mol. The molecule has 36 heavy (non-hydrogen) atoms. The van der Waals surface area contributed by atoms with Crippen molar-refractivity contribution in [2.24, 2.45) is 0 Å². The Morgan fingerprint density at radius 2 is 1.81 bits per heavy atom. The lowest BCUT2D eigenvalue weighted by atomic mass is 10.2. The van der Waals surface area contributed by atoms with Gasteiger partial charge >= 0.3 is 5.97 Å². The minimum atomic E-state index is -0.473. The monoisotopic (exact) mass is 586 g/mol. The van der Waals surface area contributed by atoms with Gasteiger partial charge in [-0.15, -0.1) is 11.3 Å². The number of carbonyl (C=O) groups is 2. The van der Waals surface area contributed by atoms with Gasteiger partial charge in [-0.2, -0.15) is 0 Å². The first-order valence-corrected chi connectivity index (χ1v) is 13.7. The smallest absolute Gasteiger partial charge is 0.348 e. The lowest BCUT2D eigenvalue weighted by Gasteiger charge is -2.13. The average molecular weight is 588 g/mol. The summed E-state index contributed by atoms with van der Waals surface area (Å²) in [7, 11) is 1.59. The number of ether oxygens (including phenoxy) is 2. The zero-order valence-electron chi connectivity index (χ0n) is 19.9. The number of benzene rings is 2. The zero-order chi connectivity index (χ0) is 25.8. The van der Waals surface area contributed by atoms with Crippen LogP contribution in [0.3, 0.4) is 0 Å². The Hall–Kier alpha value is -2.95. The predicted octanol–water partition coefficient (Wildman–Crippen LogP) is 5.74. The first-order valence-electron chi connectivity index (χ1n) is 11.1. The largest absolute Gasteiger partial charge is 0.497 e. The van der Waals surface area contributed by atoms with E-state index in [1.165, 1.54) is 11.8 Å². The number of rotatable bonds is 9. The summed E-state index contributed by atoms with van der Waals surface area (Å²) in [6.07, 6.45) is 0. The number of aromatic nitrogens is 2. The molecular weight excluding hydrogens is 564 g/mol. The van der Waals surface area contributed by atoms with Crippen molar-refractivity contribution in [1.29, 1.82) is 0 Å². The number of aryl methyl sites for hydroxylation is 1. The number of nitrogens with zero attached hydrogens (tertiary/aromatic N) is 2. The number of thiophene rings is 1. The standard InChI is InChI=1S/C26H23BrN2O5S2/c1-4-34-25(32)22-15(2)21-23(36-22)28-26(35-14-20(30)17-7-9-18(27)10-8-17)29(24(21)31)13-16-5-11-19(33-3)12-6-16/h5-12H,4,13-14H2,1-3H3. The van der Waals surface area contributed by atoms with Crippen molar-refractivity contribution in [2.45, 2.75) is 25.5 Å². The van der Waals surface area contributed by atoms with E-state index in [0.29, 0.717) is 37.1 Å². The second-order valence-corrected chi connectivity index (χ2v) is 10.7. The van der Waals surface area contributed by atoms with E-state index in [4.69, 9.17) is 14.5 Å². The van der Waals surface area contributed by atoms with Crippen LogP contribution in [0, 0.1) is 6.92 Å². The van der Waals surface area contributed by atoms with Gasteiger partial charge in [-0.3, -0.25) is 14.2 Å². The molecule has 186 valence electrons. The van der Waals surface area contributed by atoms with Crippen LogP contribution in [0.5, 0.6) is 5.75 Å². The average Bonchev–Trinajstić information content (AvgIpc) is 3.21. The molecule has 0 amide bonds. The highest BCUT2D eigenvalue weighted by molar-refractivity contribution is 9.10. The molecule has 10 heteroatoms. The van der Waals surface area contributed by atoms with Gasteiger partial charge < -0.3 is 9.47 Å². The first kappa shape index (κ1) is 26.1. The molecule has 0 bridgehead atoms. The summed E-state index contributed by atoms with van der Waals surface area (Å²) in [6, 6.07) is 14.5. The number of halogens is 1. The Morgan fingerprint density at radius 3 is 2.44 bits per heavy atom. The van der Waals surface area contributed by atoms with Gasteiger partial charge in [0.25, 0.3) is 5.56 Å². The molecule has 4 aromatic rings. The number of Topliss-reactive ketones (excluding diaryl/α,β-unsaturated/α-hetero) is 1. The van der Waals surface area contributed by atoms with Crippen molar-refractivity contribution in [3.63, 3.8) is 0 Å². The number of fused-ring (bicyclic) bond motifs is 1. The highest BCUT2D eigenvalue weighted by Crippen LogP contribution is 2.30. The van der Waals surface area contributed by atoms with Crippen LogP contribution in [0.25, 0.3) is 10.2 Å². The van der Waals surface area contributed by atoms with E-state index in [2.05, 4.69) is 15.9 Å². The molecule has 0 aliphatic rings. The summed E-state index contributed by atoms with van der Waals surface area (Å²) in [5.74, 6) is 0.269. The number of carbonyl (C=O) groups excluding carboxylic acids is 2. The number of thioether (sulfide) groups is 1. The topological polar surface area (TPSA) is 87.5 Å². The Morgan fingerprint density at radius 1 is 1.11 bits per heavy atom. The van der Waals surface area contributed by atoms with Gasteiger partial charge in [-0.1, -0.05) is 52.0 Å². The van der Waals surface area contributed by atoms with Crippen molar-refractivity contribution in [2.75, 3.05) is 19.5 Å². The summed E-state index contributed by atoms with van der Waals surface area (Å²) >= 11 is 5.71. The summed E-state index contributed by atoms with van der Waals surface area (Å²) in [5.41, 5.74) is 1.74. The minimum Gasteiger partial charge on any atom is -0.497 e. The summed E-state index contributed by atoms with van der Waals surface area (Å²) < 4.78 is 12.8. The van der Waals surface area contributed by atoms with Crippen LogP contribution >= 0.6 is 39.0 Å². The molecule has 2 heterocycles. The second kappa shape index (κ2) is 11.4. The fourth-order valence-corrected chi connectivity index (χ4v) is 5.88. The van der Waals surface area contributed by atoms with E-state index in [1.807, 2.05) is 36.4 Å². The molecule has 2 aromatic carbocycles. The molecule has 0 atom stereocenters. The lowest BCUT2D eigenvalue weighted by Crippen LogP contribution is -2.24. The molecule has 0 unspecified atom stereocenters. The first-order chi connectivity index (χ1) is 17.3. The van der Waals surface area contributed by atoms with E-state index >= 15 is 0 Å². The second-order valence-electron chi connectivity index (χ2n) is 7.81. The third kappa shape index (κ3) is 5.55. The van der Waals surface area contributed by atoms with Crippen LogP contribution in [0.1, 0.15) is 38.1 Å². The molecule has 4 rings (SSSR count). The zero-order valence-corrected chi connectivity index (χ0v) is 23.1. The maximum atomic E-state index is 13.7. The normalized spacial score (nSPS) is 11.0. The molecule has 0 saturated carbocycles. The Bertz CT molecular complexity index is 1480. The van der Waals surface area contributed by atoms with Crippen LogP contribution in [0.2, 0.25) is 0 Å². The Kier molecular flexibility index (Phi) is 8.28. The fourth-order valence-electron chi connectivity index (χ4n) is 3.60. The SMILES string of the molecule is CCOC(=O)c1sc2nc(SCC(=O)c3ccc(Br)cc3)n(Cc3ccc(OC)cc3)c(=O)c2c1C. The molecule has 0 fully saturated rings. The van der Waals surface area contributed by atoms with Crippen LogP contribution < -0.4 is 10.3 Å². The molecule has 0 radical (unpaired) electrons. The van der Waals surface area contributed by atoms with Gasteiger partial charge in [0.1, 0.15) is 15.5 Å².